The third kappa shape index (κ3) is 5.25. The van der Waals surface area contributed by atoms with Gasteiger partial charge in [-0.1, -0.05) is 29.3 Å². The molecule has 5 rings (SSSR count). The van der Waals surface area contributed by atoms with Crippen molar-refractivity contribution in [2.45, 2.75) is 25.9 Å². The lowest BCUT2D eigenvalue weighted by atomic mass is 9.96. The number of thiocarbonyl (C=S) groups is 1. The number of hydrogen-bond donors (Lipinski definition) is 3. The summed E-state index contributed by atoms with van der Waals surface area (Å²) in [6.07, 6.45) is 1.75. The number of pyridine rings is 1. The highest BCUT2D eigenvalue weighted by atomic mass is 35.5. The second kappa shape index (κ2) is 11.5. The van der Waals surface area contributed by atoms with Crippen LogP contribution in [0.2, 0.25) is 10.0 Å². The molecule has 0 spiro atoms. The number of benzene rings is 2. The van der Waals surface area contributed by atoms with Crippen molar-refractivity contribution >= 4 is 57.8 Å². The highest BCUT2D eigenvalue weighted by Gasteiger charge is 2.42. The summed E-state index contributed by atoms with van der Waals surface area (Å²) in [4.78, 5) is 18.7. The Morgan fingerprint density at radius 2 is 1.95 bits per heavy atom. The van der Waals surface area contributed by atoms with E-state index in [2.05, 4.69) is 21.7 Å². The predicted molar refractivity (Wildman–Crippen MR) is 162 cm³/mol. The molecule has 1 aliphatic rings. The van der Waals surface area contributed by atoms with Crippen LogP contribution < -0.4 is 15.5 Å². The van der Waals surface area contributed by atoms with Crippen molar-refractivity contribution in [1.29, 1.82) is 0 Å². The molecule has 3 N–H and O–H groups in total. The number of anilines is 2. The standard InChI is InChI=1S/C29H27Cl2N5O3S/c1-16-12-20(17(2)35(16)24-13-18(30)7-10-25(24)37)28-27(23-6-4-5-11-32-23)34-29(40)36(28)19-8-9-22(21(31)14-19)33-26(38)15-39-3/h4-14,27-28,37H,15H2,1-3H3,(H,33,38)(H,34,40)/t27-,28-/m0/s1. The molecule has 206 valence electrons. The van der Waals surface area contributed by atoms with Crippen LogP contribution in [0, 0.1) is 13.8 Å². The second-order valence-electron chi connectivity index (χ2n) is 9.44. The van der Waals surface area contributed by atoms with Crippen molar-refractivity contribution in [2.24, 2.45) is 0 Å². The second-order valence-corrected chi connectivity index (χ2v) is 10.7. The molecule has 1 aliphatic heterocycles. The van der Waals surface area contributed by atoms with Gasteiger partial charge in [0, 0.05) is 35.4 Å². The molecule has 0 radical (unpaired) electrons. The molecule has 0 unspecified atom stereocenters. The number of phenols is 1. The number of carbonyl (C=O) groups excluding carboxylic acids is 1. The van der Waals surface area contributed by atoms with E-state index in [9.17, 15) is 9.90 Å². The maximum atomic E-state index is 12.1. The molecular weight excluding hydrogens is 569 g/mol. The summed E-state index contributed by atoms with van der Waals surface area (Å²) in [6.45, 7) is 3.90. The number of halogens is 2. The Morgan fingerprint density at radius 3 is 2.65 bits per heavy atom. The fourth-order valence-electron chi connectivity index (χ4n) is 5.16. The molecular formula is C29H27Cl2N5O3S. The topological polar surface area (TPSA) is 91.7 Å². The van der Waals surface area contributed by atoms with E-state index in [1.165, 1.54) is 7.11 Å². The van der Waals surface area contributed by atoms with E-state index >= 15 is 0 Å². The van der Waals surface area contributed by atoms with Gasteiger partial charge >= 0.3 is 0 Å². The molecule has 0 aliphatic carbocycles. The maximum absolute atomic E-state index is 12.1. The van der Waals surface area contributed by atoms with Crippen molar-refractivity contribution in [1.82, 2.24) is 14.9 Å². The Balaban J connectivity index is 1.63. The van der Waals surface area contributed by atoms with Gasteiger partial charge < -0.3 is 29.9 Å². The van der Waals surface area contributed by atoms with Gasteiger partial charge in [0.1, 0.15) is 12.4 Å². The van der Waals surface area contributed by atoms with E-state index in [0.29, 0.717) is 26.5 Å². The monoisotopic (exact) mass is 595 g/mol. The zero-order chi connectivity index (χ0) is 28.6. The maximum Gasteiger partial charge on any atom is 0.250 e. The van der Waals surface area contributed by atoms with Gasteiger partial charge in [-0.05, 0) is 86.2 Å². The minimum Gasteiger partial charge on any atom is -0.506 e. The lowest BCUT2D eigenvalue weighted by Crippen LogP contribution is -2.29. The molecule has 11 heteroatoms. The molecule has 0 saturated carbocycles. The first kappa shape index (κ1) is 27.9. The molecule has 1 amide bonds. The summed E-state index contributed by atoms with van der Waals surface area (Å²) in [5.74, 6) is -0.186. The third-order valence-corrected chi connectivity index (χ3v) is 7.71. The average molecular weight is 597 g/mol. The zero-order valence-corrected chi connectivity index (χ0v) is 24.3. The summed E-state index contributed by atoms with van der Waals surface area (Å²) >= 11 is 18.8. The number of carbonyl (C=O) groups is 1. The summed E-state index contributed by atoms with van der Waals surface area (Å²) in [5, 5.41) is 18.3. The molecule has 3 heterocycles. The number of nitrogens with one attached hydrogen (secondary N) is 2. The molecule has 2 atom stereocenters. The van der Waals surface area contributed by atoms with Gasteiger partial charge in [0.25, 0.3) is 0 Å². The van der Waals surface area contributed by atoms with Crippen LogP contribution in [0.4, 0.5) is 11.4 Å². The first-order valence-electron chi connectivity index (χ1n) is 12.5. The van der Waals surface area contributed by atoms with Crippen molar-refractivity contribution in [2.75, 3.05) is 23.9 Å². The fourth-order valence-corrected chi connectivity index (χ4v) is 5.89. The van der Waals surface area contributed by atoms with Crippen LogP contribution in [0.1, 0.15) is 34.7 Å². The number of ether oxygens (including phenoxy) is 1. The average Bonchev–Trinajstić information content (AvgIpc) is 3.42. The Kier molecular flexibility index (Phi) is 8.00. The van der Waals surface area contributed by atoms with Crippen LogP contribution in [-0.4, -0.2) is 39.4 Å². The number of phenolic OH excluding ortho intramolecular Hbond substituents is 1. The Morgan fingerprint density at radius 1 is 1.15 bits per heavy atom. The summed E-state index contributed by atoms with van der Waals surface area (Å²) in [6, 6.07) is 17.6. The summed E-state index contributed by atoms with van der Waals surface area (Å²) in [5.41, 5.74) is 5.42. The van der Waals surface area contributed by atoms with E-state index in [4.69, 9.17) is 40.2 Å². The van der Waals surface area contributed by atoms with Crippen LogP contribution in [0.25, 0.3) is 5.69 Å². The van der Waals surface area contributed by atoms with E-state index in [1.807, 2.05) is 47.6 Å². The number of aromatic nitrogens is 2. The van der Waals surface area contributed by atoms with E-state index < -0.39 is 0 Å². The Labute approximate surface area is 247 Å². The molecule has 2 aromatic heterocycles. The number of hydrogen-bond acceptors (Lipinski definition) is 5. The molecule has 1 fully saturated rings. The third-order valence-electron chi connectivity index (χ3n) is 6.85. The minimum absolute atomic E-state index is 0.0795. The molecule has 8 nitrogen and oxygen atoms in total. The molecule has 40 heavy (non-hydrogen) atoms. The molecule has 2 aromatic carbocycles. The van der Waals surface area contributed by atoms with Crippen LogP contribution in [0.3, 0.4) is 0 Å². The summed E-state index contributed by atoms with van der Waals surface area (Å²) < 4.78 is 6.88. The smallest absolute Gasteiger partial charge is 0.250 e. The number of amides is 1. The predicted octanol–water partition coefficient (Wildman–Crippen LogP) is 6.26. The number of aromatic hydroxyl groups is 1. The van der Waals surface area contributed by atoms with Crippen LogP contribution in [0.15, 0.2) is 66.9 Å². The van der Waals surface area contributed by atoms with Gasteiger partial charge in [-0.3, -0.25) is 9.78 Å². The summed E-state index contributed by atoms with van der Waals surface area (Å²) in [7, 11) is 1.45. The van der Waals surface area contributed by atoms with Crippen LogP contribution >= 0.6 is 35.4 Å². The fraction of sp³-hybridized carbons (Fsp3) is 0.207. The van der Waals surface area contributed by atoms with E-state index in [1.54, 1.807) is 36.5 Å². The zero-order valence-electron chi connectivity index (χ0n) is 22.0. The van der Waals surface area contributed by atoms with E-state index in [-0.39, 0.29) is 30.3 Å². The normalized spacial score (nSPS) is 16.7. The van der Waals surface area contributed by atoms with Crippen LogP contribution in [0.5, 0.6) is 5.75 Å². The Bertz CT molecular complexity index is 1590. The van der Waals surface area contributed by atoms with Gasteiger partial charge in [0.2, 0.25) is 5.91 Å². The van der Waals surface area contributed by atoms with Crippen molar-refractivity contribution in [3.63, 3.8) is 0 Å². The van der Waals surface area contributed by atoms with Gasteiger partial charge in [-0.15, -0.1) is 0 Å². The van der Waals surface area contributed by atoms with Gasteiger partial charge in [-0.25, -0.2) is 0 Å². The highest BCUT2D eigenvalue weighted by molar-refractivity contribution is 7.80. The molecule has 1 saturated heterocycles. The first-order chi connectivity index (χ1) is 19.2. The van der Waals surface area contributed by atoms with E-state index in [0.717, 1.165) is 28.3 Å². The van der Waals surface area contributed by atoms with Crippen LogP contribution in [-0.2, 0) is 9.53 Å². The number of nitrogens with zero attached hydrogens (tertiary/aromatic N) is 3. The first-order valence-corrected chi connectivity index (χ1v) is 13.6. The van der Waals surface area contributed by atoms with Gasteiger partial charge in [0.15, 0.2) is 5.11 Å². The van der Waals surface area contributed by atoms with Gasteiger partial charge in [0.05, 0.1) is 34.2 Å². The minimum atomic E-state index is -0.311. The van der Waals surface area contributed by atoms with Crippen molar-refractivity contribution in [3.8, 4) is 11.4 Å². The Hall–Kier alpha value is -3.63. The number of aryl methyl sites for hydroxylation is 1. The van der Waals surface area contributed by atoms with Gasteiger partial charge in [-0.2, -0.15) is 0 Å². The molecule has 4 aromatic rings. The quantitative estimate of drug-likeness (QED) is 0.217. The number of rotatable bonds is 7. The lowest BCUT2D eigenvalue weighted by Gasteiger charge is -2.28. The van der Waals surface area contributed by atoms with Crippen molar-refractivity contribution in [3.05, 3.63) is 99.6 Å². The largest absolute Gasteiger partial charge is 0.506 e. The molecule has 0 bridgehead atoms. The highest BCUT2D eigenvalue weighted by Crippen LogP contribution is 2.45. The number of methoxy groups -OCH3 is 1. The lowest BCUT2D eigenvalue weighted by molar-refractivity contribution is -0.119. The SMILES string of the molecule is COCC(=O)Nc1ccc(N2C(=S)N[C@@H](c3ccccn3)[C@@H]2c2cc(C)n(-c3cc(Cl)ccc3O)c2C)cc1Cl. The van der Waals surface area contributed by atoms with Crippen molar-refractivity contribution < 1.29 is 14.6 Å².